The number of fused-ring (bicyclic) bond motifs is 2. The zero-order chi connectivity index (χ0) is 71.5. The number of carbonyl (C=O) groups excluding carboxylic acids is 3. The molecule has 2 amide bonds. The van der Waals surface area contributed by atoms with Crippen molar-refractivity contribution in [3.63, 3.8) is 0 Å². The van der Waals surface area contributed by atoms with Crippen molar-refractivity contribution >= 4 is 49.4 Å². The Morgan fingerprint density at radius 2 is 0.818 bits per heavy atom. The molecule has 1 fully saturated rings. The number of hydrogen-bond acceptors (Lipinski definition) is 28. The third-order valence-corrected chi connectivity index (χ3v) is 17.4. The molecule has 0 aromatic heterocycles. The Morgan fingerprint density at radius 1 is 0.455 bits per heavy atom. The zero-order valence-corrected chi connectivity index (χ0v) is 59.4. The summed E-state index contributed by atoms with van der Waals surface area (Å²) in [6, 6.07) is 8.77. The summed E-state index contributed by atoms with van der Waals surface area (Å²) >= 11 is 0. The monoisotopic (exact) mass is 1440 g/mol. The zero-order valence-electron chi connectivity index (χ0n) is 57.8. The molecule has 99 heavy (non-hydrogen) atoms. The van der Waals surface area contributed by atoms with E-state index < -0.39 is 48.8 Å². The molecule has 2 atom stereocenters. The Balaban J connectivity index is 1.30. The van der Waals surface area contributed by atoms with Crippen LogP contribution in [-0.2, 0) is 126 Å². The van der Waals surface area contributed by atoms with E-state index in [1.165, 1.54) is 24.3 Å². The van der Waals surface area contributed by atoms with Gasteiger partial charge in [0.2, 0.25) is 0 Å². The molecule has 0 N–H and O–H groups in total. The Kier molecular flexibility index (Phi) is 40.5. The highest BCUT2D eigenvalue weighted by atomic mass is 32.2. The average molecular weight is 1440 g/mol. The van der Waals surface area contributed by atoms with Gasteiger partial charge in [0, 0.05) is 94.6 Å². The summed E-state index contributed by atoms with van der Waals surface area (Å²) in [6.45, 7) is 14.2. The van der Waals surface area contributed by atoms with Crippen LogP contribution in [0, 0.1) is 0 Å². The summed E-state index contributed by atoms with van der Waals surface area (Å²) in [5, 5.41) is 0.493. The Hall–Kier alpha value is -5.47. The van der Waals surface area contributed by atoms with E-state index in [0.29, 0.717) is 166 Å². The molecule has 2 unspecified atom stereocenters. The first-order chi connectivity index (χ1) is 47.9. The van der Waals surface area contributed by atoms with Crippen molar-refractivity contribution in [2.75, 3.05) is 236 Å². The van der Waals surface area contributed by atoms with E-state index in [1.807, 2.05) is 72.4 Å². The van der Waals surface area contributed by atoms with Gasteiger partial charge in [-0.1, -0.05) is 43.4 Å². The van der Waals surface area contributed by atoms with Crippen LogP contribution in [0.15, 0.2) is 106 Å². The van der Waals surface area contributed by atoms with Crippen molar-refractivity contribution in [2.24, 2.45) is 0 Å². The molecule has 2 aromatic rings. The van der Waals surface area contributed by atoms with Crippen molar-refractivity contribution in [3.8, 4) is 0 Å². The third-order valence-electron chi connectivity index (χ3n) is 15.8. The number of amides is 2. The standard InChI is InChI=1S/C68H103N3O26S2/c1-67(20-25-85-36-41-93-48-45-89-32-29-81-3)56(55-69(61-15-13-57(53-59(61)67)98(75,76)77)22-27-87-38-43-95-50-47-91-34-31-83-5)11-9-7-6-8-10-12-63-68(2,21-26-86-37-42-94-49-46-90-33-30-82-4)60-54-58(99(78,79)80)14-16-62(60)70(63)23-28-88-39-44-96-52-51-92-40-35-84-24-19-66(74)97-71-64(72)17-18-65(71)73/h6-16,53-55H,17-52H2,1-5H3,(H,75,76,77)(H,78,79,80)/p-2/b7-6+,10-8+,11-9+,63-12+. The smallest absolute Gasteiger partial charge is 0.335 e. The predicted molar refractivity (Wildman–Crippen MR) is 359 cm³/mol. The topological polar surface area (TPSA) is 332 Å². The molecule has 3 aliphatic heterocycles. The van der Waals surface area contributed by atoms with Crippen molar-refractivity contribution < 1.29 is 121 Å². The van der Waals surface area contributed by atoms with Crippen molar-refractivity contribution in [1.29, 1.82) is 0 Å². The SMILES string of the molecule is COCCOCCOCCOCCN1C=C(/C=C/C=C/C=C/C=C2/N(CCOCCOCCOCCOCCC(=O)ON3C(=O)CCC3=O)c3ccc(S(=O)(=O)[O-])cc3C2(C)CCOCCOCCOCCOC)C(C)(CCOCCOCCOCCOC)c2cc(S(=O)(=O)[O-])ccc21. The first kappa shape index (κ1) is 84.2. The van der Waals surface area contributed by atoms with Gasteiger partial charge < -0.3 is 99.5 Å². The molecule has 31 heteroatoms. The minimum absolute atomic E-state index is 0.00667. The van der Waals surface area contributed by atoms with E-state index in [2.05, 4.69) is 0 Å². The number of anilines is 2. The second-order valence-electron chi connectivity index (χ2n) is 22.8. The fourth-order valence-electron chi connectivity index (χ4n) is 10.4. The molecule has 0 aliphatic carbocycles. The maximum absolute atomic E-state index is 12.6. The second kappa shape index (κ2) is 47.7. The van der Waals surface area contributed by atoms with Crippen molar-refractivity contribution in [1.82, 2.24) is 5.06 Å². The summed E-state index contributed by atoms with van der Waals surface area (Å²) < 4.78 is 165. The van der Waals surface area contributed by atoms with Crippen LogP contribution in [0.5, 0.6) is 0 Å². The van der Waals surface area contributed by atoms with Crippen LogP contribution in [0.2, 0.25) is 0 Å². The predicted octanol–water partition coefficient (Wildman–Crippen LogP) is 4.72. The summed E-state index contributed by atoms with van der Waals surface area (Å²) in [6.07, 6.45) is 15.7. The van der Waals surface area contributed by atoms with Crippen LogP contribution >= 0.6 is 0 Å². The number of hydroxylamine groups is 2. The van der Waals surface area contributed by atoms with Crippen molar-refractivity contribution in [2.45, 2.75) is 66.6 Å². The van der Waals surface area contributed by atoms with E-state index in [-0.39, 0.29) is 108 Å². The Bertz CT molecular complexity index is 3080. The number of rotatable bonds is 58. The van der Waals surface area contributed by atoms with E-state index in [4.69, 9.17) is 80.6 Å². The van der Waals surface area contributed by atoms with E-state index in [0.717, 1.165) is 11.3 Å². The number of methoxy groups -OCH3 is 3. The molecular weight excluding hydrogens is 1340 g/mol. The van der Waals surface area contributed by atoms with Gasteiger partial charge in [0.1, 0.15) is 20.2 Å². The van der Waals surface area contributed by atoms with Gasteiger partial charge in [0.15, 0.2) is 0 Å². The molecule has 29 nitrogen and oxygen atoms in total. The molecular formula is C68H101N3O26S2-2. The number of allylic oxidation sites excluding steroid dienone is 9. The fourth-order valence-corrected chi connectivity index (χ4v) is 11.4. The molecule has 0 spiro atoms. The fraction of sp³-hybridized carbons (Fsp3) is 0.632. The molecule has 2 aromatic carbocycles. The highest BCUT2D eigenvalue weighted by molar-refractivity contribution is 7.86. The van der Waals surface area contributed by atoms with E-state index >= 15 is 0 Å². The minimum Gasteiger partial charge on any atom is -0.744 e. The van der Waals surface area contributed by atoms with Crippen LogP contribution < -0.4 is 9.80 Å². The van der Waals surface area contributed by atoms with Crippen LogP contribution in [0.25, 0.3) is 0 Å². The van der Waals surface area contributed by atoms with Crippen LogP contribution in [-0.4, -0.2) is 275 Å². The average Bonchev–Trinajstić information content (AvgIpc) is 1.73. The summed E-state index contributed by atoms with van der Waals surface area (Å²) in [4.78, 5) is 43.4. The van der Waals surface area contributed by atoms with Gasteiger partial charge in [-0.25, -0.2) is 21.6 Å². The van der Waals surface area contributed by atoms with Gasteiger partial charge in [-0.2, -0.15) is 0 Å². The summed E-state index contributed by atoms with van der Waals surface area (Å²) in [5.41, 5.74) is 2.45. The van der Waals surface area contributed by atoms with Crippen LogP contribution in [0.4, 0.5) is 11.4 Å². The normalized spacial score (nSPS) is 17.8. The molecule has 3 heterocycles. The van der Waals surface area contributed by atoms with Gasteiger partial charge in [-0.3, -0.25) is 9.59 Å². The van der Waals surface area contributed by atoms with Gasteiger partial charge in [-0.05, 0) is 78.9 Å². The number of hydrogen-bond donors (Lipinski definition) is 0. The Morgan fingerprint density at radius 3 is 1.26 bits per heavy atom. The molecule has 0 saturated carbocycles. The van der Waals surface area contributed by atoms with Gasteiger partial charge in [0.25, 0.3) is 11.8 Å². The van der Waals surface area contributed by atoms with Crippen molar-refractivity contribution in [3.05, 3.63) is 108 Å². The molecule has 558 valence electrons. The lowest BCUT2D eigenvalue weighted by molar-refractivity contribution is -0.198. The number of benzene rings is 2. The quantitative estimate of drug-likeness (QED) is 0.0374. The highest BCUT2D eigenvalue weighted by Gasteiger charge is 2.44. The van der Waals surface area contributed by atoms with Crippen LogP contribution in [0.3, 0.4) is 0 Å². The number of carbonyl (C=O) groups is 3. The molecule has 5 rings (SSSR count). The second-order valence-corrected chi connectivity index (χ2v) is 25.5. The molecule has 0 radical (unpaired) electrons. The molecule has 3 aliphatic rings. The van der Waals surface area contributed by atoms with E-state index in [9.17, 15) is 40.3 Å². The van der Waals surface area contributed by atoms with Crippen LogP contribution in [0.1, 0.15) is 57.1 Å². The highest BCUT2D eigenvalue weighted by Crippen LogP contribution is 2.51. The lowest BCUT2D eigenvalue weighted by Crippen LogP contribution is -2.36. The summed E-state index contributed by atoms with van der Waals surface area (Å²) in [5.74, 6) is -1.87. The summed E-state index contributed by atoms with van der Waals surface area (Å²) in [7, 11) is -4.89. The van der Waals surface area contributed by atoms with Gasteiger partial charge in [-0.15, -0.1) is 5.06 Å². The minimum atomic E-state index is -4.85. The number of nitrogens with zero attached hydrogens (tertiary/aromatic N) is 3. The number of imide groups is 1. The Labute approximate surface area is 582 Å². The largest absolute Gasteiger partial charge is 0.744 e. The number of ether oxygens (including phenoxy) is 16. The first-order valence-electron chi connectivity index (χ1n) is 33.1. The third kappa shape index (κ3) is 30.6. The lowest BCUT2D eigenvalue weighted by Gasteiger charge is -2.41. The van der Waals surface area contributed by atoms with Gasteiger partial charge in [0.05, 0.1) is 195 Å². The first-order valence-corrected chi connectivity index (χ1v) is 35.9. The molecule has 0 bridgehead atoms. The maximum Gasteiger partial charge on any atom is 0.335 e. The molecule has 1 saturated heterocycles. The lowest BCUT2D eigenvalue weighted by atomic mass is 9.71. The maximum atomic E-state index is 12.6. The van der Waals surface area contributed by atoms with E-state index in [1.54, 1.807) is 33.5 Å². The van der Waals surface area contributed by atoms with Gasteiger partial charge >= 0.3 is 5.97 Å².